The predicted molar refractivity (Wildman–Crippen MR) is 96.1 cm³/mol. The van der Waals surface area contributed by atoms with Gasteiger partial charge in [0.1, 0.15) is 5.82 Å². The minimum atomic E-state index is -0.142. The molecule has 122 valence electrons. The van der Waals surface area contributed by atoms with Crippen molar-refractivity contribution >= 4 is 0 Å². The maximum absolute atomic E-state index is 13.9. The molecule has 1 fully saturated rings. The fourth-order valence-corrected chi connectivity index (χ4v) is 3.91. The molecule has 0 unspecified atom stereocenters. The van der Waals surface area contributed by atoms with Gasteiger partial charge >= 0.3 is 0 Å². The molecular weight excluding hydrogens is 283 g/mol. The summed E-state index contributed by atoms with van der Waals surface area (Å²) >= 11 is 0. The summed E-state index contributed by atoms with van der Waals surface area (Å²) in [4.78, 5) is 0. The molecule has 1 aliphatic rings. The maximum atomic E-state index is 13.9. The van der Waals surface area contributed by atoms with Gasteiger partial charge in [0, 0.05) is 5.56 Å². The minimum Gasteiger partial charge on any atom is -0.206 e. The lowest BCUT2D eigenvalue weighted by Gasteiger charge is -2.29. The Hall–Kier alpha value is -1.63. The first kappa shape index (κ1) is 16.2. The molecule has 0 spiro atoms. The summed E-state index contributed by atoms with van der Waals surface area (Å²) in [5.74, 6) is 1.50. The average molecular weight is 310 g/mol. The number of hydrogen-bond acceptors (Lipinski definition) is 0. The van der Waals surface area contributed by atoms with Gasteiger partial charge in [0.15, 0.2) is 0 Å². The van der Waals surface area contributed by atoms with Crippen molar-refractivity contribution in [2.75, 3.05) is 0 Å². The van der Waals surface area contributed by atoms with Crippen LogP contribution in [0.25, 0.3) is 11.1 Å². The van der Waals surface area contributed by atoms with Gasteiger partial charge in [-0.2, -0.15) is 0 Å². The third-order valence-corrected chi connectivity index (χ3v) is 5.38. The van der Waals surface area contributed by atoms with E-state index in [1.54, 1.807) is 6.07 Å². The van der Waals surface area contributed by atoms with Crippen LogP contribution < -0.4 is 0 Å². The van der Waals surface area contributed by atoms with Gasteiger partial charge in [-0.25, -0.2) is 4.39 Å². The summed E-state index contributed by atoms with van der Waals surface area (Å²) in [6.45, 7) is 2.28. The highest BCUT2D eigenvalue weighted by atomic mass is 19.1. The van der Waals surface area contributed by atoms with Crippen LogP contribution in [0.1, 0.15) is 63.4 Å². The van der Waals surface area contributed by atoms with Crippen LogP contribution in [0.2, 0.25) is 0 Å². The molecule has 0 N–H and O–H groups in total. The molecule has 2 aromatic carbocycles. The Morgan fingerprint density at radius 2 is 1.61 bits per heavy atom. The molecule has 3 rings (SSSR count). The van der Waals surface area contributed by atoms with Crippen LogP contribution in [-0.2, 0) is 0 Å². The van der Waals surface area contributed by atoms with Crippen molar-refractivity contribution in [1.82, 2.24) is 0 Å². The van der Waals surface area contributed by atoms with Crippen molar-refractivity contribution in [3.8, 4) is 11.1 Å². The molecule has 0 aliphatic heterocycles. The quantitative estimate of drug-likeness (QED) is 0.560. The normalized spacial score (nSPS) is 21.3. The maximum Gasteiger partial charge on any atom is 0.131 e. The largest absolute Gasteiger partial charge is 0.206 e. The van der Waals surface area contributed by atoms with E-state index in [-0.39, 0.29) is 5.82 Å². The van der Waals surface area contributed by atoms with Crippen LogP contribution in [0.15, 0.2) is 48.5 Å². The predicted octanol–water partition coefficient (Wildman–Crippen LogP) is 6.96. The van der Waals surface area contributed by atoms with E-state index in [0.717, 1.165) is 11.5 Å². The van der Waals surface area contributed by atoms with E-state index in [2.05, 4.69) is 31.2 Å². The van der Waals surface area contributed by atoms with Gasteiger partial charge in [0.2, 0.25) is 0 Å². The van der Waals surface area contributed by atoms with E-state index < -0.39 is 0 Å². The smallest absolute Gasteiger partial charge is 0.131 e. The first-order chi connectivity index (χ1) is 11.3. The molecular formula is C22H27F. The van der Waals surface area contributed by atoms with Crippen molar-refractivity contribution in [1.29, 1.82) is 0 Å². The summed E-state index contributed by atoms with van der Waals surface area (Å²) < 4.78 is 13.9. The van der Waals surface area contributed by atoms with Crippen molar-refractivity contribution in [3.63, 3.8) is 0 Å². The average Bonchev–Trinajstić information content (AvgIpc) is 2.61. The molecule has 0 heterocycles. The third kappa shape index (κ3) is 4.02. The third-order valence-electron chi connectivity index (χ3n) is 5.38. The van der Waals surface area contributed by atoms with Gasteiger partial charge in [-0.15, -0.1) is 0 Å². The van der Waals surface area contributed by atoms with Gasteiger partial charge < -0.3 is 0 Å². The molecule has 0 atom stereocenters. The van der Waals surface area contributed by atoms with Crippen LogP contribution in [0.5, 0.6) is 0 Å². The summed E-state index contributed by atoms with van der Waals surface area (Å²) in [7, 11) is 0. The van der Waals surface area contributed by atoms with Crippen LogP contribution in [-0.4, -0.2) is 0 Å². The number of halogens is 1. The van der Waals surface area contributed by atoms with Crippen molar-refractivity contribution < 1.29 is 4.39 Å². The van der Waals surface area contributed by atoms with Crippen LogP contribution >= 0.6 is 0 Å². The molecule has 1 heteroatoms. The minimum absolute atomic E-state index is 0.142. The highest BCUT2D eigenvalue weighted by Crippen LogP contribution is 2.38. The first-order valence-corrected chi connectivity index (χ1v) is 9.12. The highest BCUT2D eigenvalue weighted by molar-refractivity contribution is 5.64. The molecule has 2 aromatic rings. The van der Waals surface area contributed by atoms with E-state index >= 15 is 0 Å². The molecule has 0 radical (unpaired) electrons. The zero-order valence-electron chi connectivity index (χ0n) is 14.1. The van der Waals surface area contributed by atoms with Crippen molar-refractivity contribution in [2.45, 2.75) is 57.8 Å². The lowest BCUT2D eigenvalue weighted by molar-refractivity contribution is 0.304. The van der Waals surface area contributed by atoms with E-state index in [0.29, 0.717) is 11.5 Å². The molecule has 0 aromatic heterocycles. The second-order valence-corrected chi connectivity index (χ2v) is 6.96. The van der Waals surface area contributed by atoms with Crippen LogP contribution in [0.4, 0.5) is 4.39 Å². The molecule has 1 saturated carbocycles. The van der Waals surface area contributed by atoms with Crippen molar-refractivity contribution in [3.05, 3.63) is 59.9 Å². The Balaban J connectivity index is 1.63. The second-order valence-electron chi connectivity index (χ2n) is 6.96. The molecule has 0 nitrogen and oxygen atoms in total. The monoisotopic (exact) mass is 310 g/mol. The Kier molecular flexibility index (Phi) is 5.48. The van der Waals surface area contributed by atoms with Gasteiger partial charge in [-0.05, 0) is 54.7 Å². The van der Waals surface area contributed by atoms with E-state index in [4.69, 9.17) is 0 Å². The van der Waals surface area contributed by atoms with E-state index in [1.807, 2.05) is 12.1 Å². The zero-order valence-corrected chi connectivity index (χ0v) is 14.1. The summed E-state index contributed by atoms with van der Waals surface area (Å²) in [5.41, 5.74) is 3.10. The zero-order chi connectivity index (χ0) is 16.1. The Labute approximate surface area is 139 Å². The number of benzene rings is 2. The second kappa shape index (κ2) is 7.77. The van der Waals surface area contributed by atoms with Crippen molar-refractivity contribution in [2.24, 2.45) is 5.92 Å². The van der Waals surface area contributed by atoms with Gasteiger partial charge in [0.25, 0.3) is 0 Å². The lowest BCUT2D eigenvalue weighted by atomic mass is 9.77. The Morgan fingerprint density at radius 1 is 0.913 bits per heavy atom. The highest BCUT2D eigenvalue weighted by Gasteiger charge is 2.21. The van der Waals surface area contributed by atoms with Crippen LogP contribution in [0, 0.1) is 11.7 Å². The first-order valence-electron chi connectivity index (χ1n) is 9.12. The summed E-state index contributed by atoms with van der Waals surface area (Å²) in [6, 6.07) is 15.6. The molecule has 1 aliphatic carbocycles. The SMILES string of the molecule is CCCCC1CCC(c2ccc(-c3ccccc3F)cc2)CC1. The molecule has 0 bridgehead atoms. The molecule has 0 amide bonds. The lowest BCUT2D eigenvalue weighted by Crippen LogP contribution is -2.13. The van der Waals surface area contributed by atoms with E-state index in [9.17, 15) is 4.39 Å². The Bertz CT molecular complexity index is 606. The molecule has 0 saturated heterocycles. The fourth-order valence-electron chi connectivity index (χ4n) is 3.91. The summed E-state index contributed by atoms with van der Waals surface area (Å²) in [5, 5.41) is 0. The van der Waals surface area contributed by atoms with Gasteiger partial charge in [-0.3, -0.25) is 0 Å². The Morgan fingerprint density at radius 3 is 2.26 bits per heavy atom. The number of rotatable bonds is 5. The van der Waals surface area contributed by atoms with E-state index in [1.165, 1.54) is 56.6 Å². The fraction of sp³-hybridized carbons (Fsp3) is 0.455. The molecule has 23 heavy (non-hydrogen) atoms. The number of hydrogen-bond donors (Lipinski definition) is 0. The van der Waals surface area contributed by atoms with Gasteiger partial charge in [-0.1, -0.05) is 68.7 Å². The van der Waals surface area contributed by atoms with Gasteiger partial charge in [0.05, 0.1) is 0 Å². The topological polar surface area (TPSA) is 0 Å². The number of unbranched alkanes of at least 4 members (excludes halogenated alkanes) is 1. The summed E-state index contributed by atoms with van der Waals surface area (Å²) in [6.07, 6.45) is 9.49. The van der Waals surface area contributed by atoms with Crippen LogP contribution in [0.3, 0.4) is 0 Å². The standard InChI is InChI=1S/C22H27F/c1-2-3-6-17-9-11-18(12-10-17)19-13-15-20(16-14-19)21-7-4-5-8-22(21)23/h4-5,7-8,13-18H,2-3,6,9-12H2,1H3.